The topological polar surface area (TPSA) is 72.8 Å². The second kappa shape index (κ2) is 6.08. The Kier molecular flexibility index (Phi) is 4.60. The molecule has 0 aromatic heterocycles. The molecule has 1 aliphatic carbocycles. The summed E-state index contributed by atoms with van der Waals surface area (Å²) >= 11 is 0. The Balaban J connectivity index is 1.89. The summed E-state index contributed by atoms with van der Waals surface area (Å²) in [5.41, 5.74) is 0.722. The van der Waals surface area contributed by atoms with E-state index in [2.05, 4.69) is 0 Å². The summed E-state index contributed by atoms with van der Waals surface area (Å²) in [5, 5.41) is 9.70. The van der Waals surface area contributed by atoms with Gasteiger partial charge in [-0.1, -0.05) is 11.6 Å². The van der Waals surface area contributed by atoms with E-state index < -0.39 is 34.3 Å². The van der Waals surface area contributed by atoms with Crippen LogP contribution in [0, 0.1) is 12.8 Å². The van der Waals surface area contributed by atoms with E-state index in [1.807, 2.05) is 34.6 Å². The number of aryl methyl sites for hydroxylation is 1. The number of sulfone groups is 1. The lowest BCUT2D eigenvalue weighted by atomic mass is 9.76. The predicted octanol–water partition coefficient (Wildman–Crippen LogP) is 1.84. The van der Waals surface area contributed by atoms with Crippen LogP contribution in [0.3, 0.4) is 0 Å². The third-order valence-electron chi connectivity index (χ3n) is 5.93. The van der Waals surface area contributed by atoms with Gasteiger partial charge in [0.1, 0.15) is 0 Å². The zero-order valence-electron chi connectivity index (χ0n) is 15.6. The first kappa shape index (κ1) is 18.9. The van der Waals surface area contributed by atoms with Crippen molar-refractivity contribution in [3.05, 3.63) is 23.8 Å². The van der Waals surface area contributed by atoms with Crippen LogP contribution in [0.15, 0.2) is 23.1 Å². The normalized spacial score (nSPS) is 28.0. The number of aliphatic hydroxyl groups is 1. The largest absolute Gasteiger partial charge is 0.495 e. The van der Waals surface area contributed by atoms with Crippen LogP contribution in [-0.4, -0.2) is 43.7 Å². The van der Waals surface area contributed by atoms with Gasteiger partial charge in [0.15, 0.2) is 9.84 Å². The first-order valence-electron chi connectivity index (χ1n) is 8.80. The minimum Gasteiger partial charge on any atom is -0.399 e. The van der Waals surface area contributed by atoms with Crippen LogP contribution in [-0.2, 0) is 19.1 Å². The Bertz CT molecular complexity index is 756. The van der Waals surface area contributed by atoms with Gasteiger partial charge >= 0.3 is 7.12 Å². The molecule has 2 fully saturated rings. The maximum atomic E-state index is 12.7. The van der Waals surface area contributed by atoms with E-state index >= 15 is 0 Å². The Morgan fingerprint density at radius 1 is 1.16 bits per heavy atom. The van der Waals surface area contributed by atoms with Crippen molar-refractivity contribution in [3.8, 4) is 0 Å². The third-order valence-corrected chi connectivity index (χ3v) is 7.77. The fourth-order valence-electron chi connectivity index (χ4n) is 3.16. The molecule has 0 radical (unpaired) electrons. The molecule has 0 spiro atoms. The smallest absolute Gasteiger partial charge is 0.399 e. The van der Waals surface area contributed by atoms with Gasteiger partial charge in [-0.25, -0.2) is 8.42 Å². The third kappa shape index (κ3) is 3.39. The van der Waals surface area contributed by atoms with Gasteiger partial charge in [-0.15, -0.1) is 0 Å². The summed E-state index contributed by atoms with van der Waals surface area (Å²) in [5.74, 6) is -0.174. The summed E-state index contributed by atoms with van der Waals surface area (Å²) in [6.07, 6.45) is 0.951. The summed E-state index contributed by atoms with van der Waals surface area (Å²) in [6, 6.07) is 5.09. The highest BCUT2D eigenvalue weighted by atomic mass is 32.2. The van der Waals surface area contributed by atoms with Crippen LogP contribution in [0.2, 0.25) is 0 Å². The fourth-order valence-corrected chi connectivity index (χ4v) is 4.89. The van der Waals surface area contributed by atoms with Gasteiger partial charge in [0.05, 0.1) is 28.0 Å². The lowest BCUT2D eigenvalue weighted by Gasteiger charge is -2.32. The molecule has 2 unspecified atom stereocenters. The van der Waals surface area contributed by atoms with Crippen molar-refractivity contribution in [1.29, 1.82) is 0 Å². The molecule has 1 aromatic carbocycles. The van der Waals surface area contributed by atoms with Crippen molar-refractivity contribution < 1.29 is 22.8 Å². The van der Waals surface area contributed by atoms with E-state index in [0.717, 1.165) is 17.4 Å². The van der Waals surface area contributed by atoms with Crippen LogP contribution >= 0.6 is 0 Å². The lowest BCUT2D eigenvalue weighted by Crippen LogP contribution is -2.41. The van der Waals surface area contributed by atoms with Gasteiger partial charge in [0, 0.05) is 0 Å². The Hall–Kier alpha value is -0.885. The first-order chi connectivity index (χ1) is 11.4. The van der Waals surface area contributed by atoms with Crippen molar-refractivity contribution >= 4 is 22.4 Å². The van der Waals surface area contributed by atoms with Gasteiger partial charge in [-0.2, -0.15) is 0 Å². The number of hydrogen-bond acceptors (Lipinski definition) is 5. The molecule has 0 bridgehead atoms. The van der Waals surface area contributed by atoms with Gasteiger partial charge in [-0.05, 0) is 71.0 Å². The standard InChI is InChI=1S/C18H27BO5S/c1-12-6-8-14(25(21,22)11-13-7-9-16(13)20)10-15(12)19-23-17(2,3)18(4,5)24-19/h6,8,10,13,16,20H,7,9,11H2,1-5H3. The van der Waals surface area contributed by atoms with Crippen molar-refractivity contribution in [2.24, 2.45) is 5.92 Å². The highest BCUT2D eigenvalue weighted by Gasteiger charge is 2.52. The van der Waals surface area contributed by atoms with Crippen molar-refractivity contribution in [2.75, 3.05) is 5.75 Å². The number of rotatable bonds is 4. The molecule has 1 aliphatic heterocycles. The molecule has 1 aromatic rings. The van der Waals surface area contributed by atoms with Crippen molar-refractivity contribution in [3.63, 3.8) is 0 Å². The van der Waals surface area contributed by atoms with E-state index in [1.165, 1.54) is 0 Å². The van der Waals surface area contributed by atoms with E-state index in [1.54, 1.807) is 18.2 Å². The number of hydrogen-bond donors (Lipinski definition) is 1. The number of benzene rings is 1. The van der Waals surface area contributed by atoms with E-state index in [-0.39, 0.29) is 16.6 Å². The molecule has 2 aliphatic rings. The molecule has 1 saturated carbocycles. The molecular weight excluding hydrogens is 339 g/mol. The van der Waals surface area contributed by atoms with Crippen LogP contribution in [0.5, 0.6) is 0 Å². The molecule has 0 amide bonds. The quantitative estimate of drug-likeness (QED) is 0.824. The minimum absolute atomic E-state index is 0.0139. The van der Waals surface area contributed by atoms with Crippen molar-refractivity contribution in [2.45, 2.75) is 69.7 Å². The van der Waals surface area contributed by atoms with E-state index in [4.69, 9.17) is 9.31 Å². The fraction of sp³-hybridized carbons (Fsp3) is 0.667. The monoisotopic (exact) mass is 366 g/mol. The molecule has 7 heteroatoms. The Morgan fingerprint density at radius 2 is 1.76 bits per heavy atom. The summed E-state index contributed by atoms with van der Waals surface area (Å²) in [4.78, 5) is 0.266. The maximum absolute atomic E-state index is 12.7. The molecule has 3 rings (SSSR count). The number of aliphatic hydroxyl groups excluding tert-OH is 1. The van der Waals surface area contributed by atoms with Crippen LogP contribution in [0.25, 0.3) is 0 Å². The Morgan fingerprint density at radius 3 is 2.24 bits per heavy atom. The molecule has 138 valence electrons. The van der Waals surface area contributed by atoms with Crippen LogP contribution < -0.4 is 5.46 Å². The maximum Gasteiger partial charge on any atom is 0.495 e. The Labute approximate surface area is 150 Å². The highest BCUT2D eigenvalue weighted by molar-refractivity contribution is 7.91. The van der Waals surface area contributed by atoms with Crippen molar-refractivity contribution in [1.82, 2.24) is 0 Å². The van der Waals surface area contributed by atoms with Gasteiger partial charge in [0.25, 0.3) is 0 Å². The summed E-state index contributed by atoms with van der Waals surface area (Å²) in [6.45, 7) is 9.82. The zero-order chi connectivity index (χ0) is 18.6. The second-order valence-electron chi connectivity index (χ2n) is 8.29. The lowest BCUT2D eigenvalue weighted by molar-refractivity contribution is 0.00578. The average Bonchev–Trinajstić information content (AvgIpc) is 2.72. The molecular formula is C18H27BO5S. The van der Waals surface area contributed by atoms with Crippen LogP contribution in [0.1, 0.15) is 46.1 Å². The predicted molar refractivity (Wildman–Crippen MR) is 97.7 cm³/mol. The SMILES string of the molecule is Cc1ccc(S(=O)(=O)CC2CCC2O)cc1B1OC(C)(C)C(C)(C)O1. The summed E-state index contributed by atoms with van der Waals surface area (Å²) < 4.78 is 37.6. The average molecular weight is 366 g/mol. The highest BCUT2D eigenvalue weighted by Crippen LogP contribution is 2.37. The zero-order valence-corrected chi connectivity index (χ0v) is 16.4. The molecule has 1 saturated heterocycles. The molecule has 5 nitrogen and oxygen atoms in total. The molecule has 2 atom stereocenters. The minimum atomic E-state index is -3.45. The molecule has 25 heavy (non-hydrogen) atoms. The second-order valence-corrected chi connectivity index (χ2v) is 10.3. The van der Waals surface area contributed by atoms with E-state index in [9.17, 15) is 13.5 Å². The van der Waals surface area contributed by atoms with Crippen LogP contribution in [0.4, 0.5) is 0 Å². The van der Waals surface area contributed by atoms with Gasteiger partial charge in [0.2, 0.25) is 0 Å². The molecule has 1 heterocycles. The molecule has 1 N–H and O–H groups in total. The van der Waals surface area contributed by atoms with Gasteiger partial charge in [-0.3, -0.25) is 0 Å². The van der Waals surface area contributed by atoms with Gasteiger partial charge < -0.3 is 14.4 Å². The first-order valence-corrected chi connectivity index (χ1v) is 10.5. The summed E-state index contributed by atoms with van der Waals surface area (Å²) in [7, 11) is -4.04. The van der Waals surface area contributed by atoms with E-state index in [0.29, 0.717) is 6.42 Å².